The second-order valence-corrected chi connectivity index (χ2v) is 8.69. The Balaban J connectivity index is 1.31. The maximum atomic E-state index is 12.5. The molecule has 0 unspecified atom stereocenters. The number of carbonyl (C=O) groups excluding carboxylic acids is 1. The van der Waals surface area contributed by atoms with E-state index in [1.807, 2.05) is 17.0 Å². The van der Waals surface area contributed by atoms with Crippen LogP contribution in [-0.4, -0.2) is 59.1 Å². The van der Waals surface area contributed by atoms with Crippen molar-refractivity contribution in [2.24, 2.45) is 0 Å². The first-order valence-corrected chi connectivity index (χ1v) is 10.8. The number of likely N-dealkylation sites (tertiary alicyclic amines) is 1. The maximum Gasteiger partial charge on any atom is 0.256 e. The van der Waals surface area contributed by atoms with Crippen LogP contribution in [0.15, 0.2) is 18.2 Å². The number of amides is 1. The fraction of sp³-hybridized carbons (Fsp3) is 0.632. The lowest BCUT2D eigenvalue weighted by molar-refractivity contribution is 0.00892. The van der Waals surface area contributed by atoms with Gasteiger partial charge in [0.1, 0.15) is 11.9 Å². The lowest BCUT2D eigenvalue weighted by Gasteiger charge is -2.44. The van der Waals surface area contributed by atoms with E-state index >= 15 is 0 Å². The van der Waals surface area contributed by atoms with E-state index in [2.05, 4.69) is 4.90 Å². The predicted octanol–water partition coefficient (Wildman–Crippen LogP) is 3.88. The normalized spacial score (nSPS) is 27.2. The molecule has 136 valence electrons. The third-order valence-electron chi connectivity index (χ3n) is 5.49. The van der Waals surface area contributed by atoms with Crippen LogP contribution in [0.25, 0.3) is 0 Å². The van der Waals surface area contributed by atoms with Gasteiger partial charge in [0.05, 0.1) is 16.5 Å². The summed E-state index contributed by atoms with van der Waals surface area (Å²) in [6.45, 7) is 3.29. The summed E-state index contributed by atoms with van der Waals surface area (Å²) in [5.74, 6) is 2.56. The number of nitrogens with zero attached hydrogens (tertiary/aromatic N) is 2. The Bertz CT molecular complexity index is 624. The van der Waals surface area contributed by atoms with Crippen molar-refractivity contribution in [1.82, 2.24) is 9.80 Å². The molecule has 2 saturated heterocycles. The molecule has 2 heterocycles. The Morgan fingerprint density at radius 3 is 2.64 bits per heavy atom. The summed E-state index contributed by atoms with van der Waals surface area (Å²) in [5, 5.41) is 0.492. The molecule has 1 aromatic rings. The number of piperidine rings is 1. The largest absolute Gasteiger partial charge is 0.490 e. The summed E-state index contributed by atoms with van der Waals surface area (Å²) < 4.78 is 6.07. The first kappa shape index (κ1) is 17.5. The van der Waals surface area contributed by atoms with Crippen LogP contribution in [0.4, 0.5) is 0 Å². The van der Waals surface area contributed by atoms with Crippen LogP contribution in [0.3, 0.4) is 0 Å². The fourth-order valence-corrected chi connectivity index (χ4v) is 5.09. The minimum absolute atomic E-state index is 0.0235. The number of hydrogen-bond donors (Lipinski definition) is 0. The van der Waals surface area contributed by atoms with Crippen molar-refractivity contribution in [3.63, 3.8) is 0 Å². The molecule has 25 heavy (non-hydrogen) atoms. The smallest absolute Gasteiger partial charge is 0.256 e. The predicted molar refractivity (Wildman–Crippen MR) is 103 cm³/mol. The van der Waals surface area contributed by atoms with E-state index in [0.29, 0.717) is 16.6 Å². The van der Waals surface area contributed by atoms with Crippen molar-refractivity contribution >= 4 is 29.3 Å². The van der Waals surface area contributed by atoms with Gasteiger partial charge in [0, 0.05) is 31.2 Å². The lowest BCUT2D eigenvalue weighted by atomic mass is 9.86. The molecule has 6 heteroatoms. The Morgan fingerprint density at radius 1 is 1.16 bits per heavy atom. The lowest BCUT2D eigenvalue weighted by Crippen LogP contribution is -2.50. The third-order valence-corrected chi connectivity index (χ3v) is 6.77. The van der Waals surface area contributed by atoms with E-state index in [-0.39, 0.29) is 12.0 Å². The van der Waals surface area contributed by atoms with Gasteiger partial charge in [-0.3, -0.25) is 4.79 Å². The first-order valence-electron chi connectivity index (χ1n) is 9.28. The van der Waals surface area contributed by atoms with Crippen molar-refractivity contribution in [3.8, 4) is 5.75 Å². The van der Waals surface area contributed by atoms with E-state index in [1.54, 1.807) is 17.8 Å². The molecule has 0 aromatic heterocycles. The molecule has 1 aromatic carbocycles. The molecule has 0 N–H and O–H groups in total. The summed E-state index contributed by atoms with van der Waals surface area (Å²) in [5.41, 5.74) is 0.580. The van der Waals surface area contributed by atoms with Gasteiger partial charge in [0.25, 0.3) is 5.91 Å². The molecule has 0 spiro atoms. The summed E-state index contributed by atoms with van der Waals surface area (Å²) in [6, 6.07) is 6.18. The van der Waals surface area contributed by atoms with Gasteiger partial charge in [0.2, 0.25) is 0 Å². The Morgan fingerprint density at radius 2 is 1.96 bits per heavy atom. The highest BCUT2D eigenvalue weighted by molar-refractivity contribution is 7.99. The molecule has 3 aliphatic rings. The zero-order valence-electron chi connectivity index (χ0n) is 14.5. The van der Waals surface area contributed by atoms with Crippen LogP contribution in [0.1, 0.15) is 42.5 Å². The number of halogens is 1. The average Bonchev–Trinajstić information content (AvgIpc) is 3.13. The average molecular weight is 381 g/mol. The molecule has 1 aliphatic carbocycles. The summed E-state index contributed by atoms with van der Waals surface area (Å²) >= 11 is 8.13. The number of carbonyl (C=O) groups is 1. The standard InChI is InChI=1S/C19H25ClN2O2S/c20-18-12-15(4-5-17(18)19(23)22-8-9-25-13-22)24-16-10-14(11-16)21-6-2-1-3-7-21/h4-5,12,14,16H,1-3,6-11,13H2. The van der Waals surface area contributed by atoms with Crippen LogP contribution in [0.5, 0.6) is 5.75 Å². The van der Waals surface area contributed by atoms with E-state index in [0.717, 1.165) is 36.8 Å². The minimum atomic E-state index is 0.0235. The van der Waals surface area contributed by atoms with Gasteiger partial charge in [-0.25, -0.2) is 0 Å². The molecular weight excluding hydrogens is 356 g/mol. The molecule has 0 atom stereocenters. The molecular formula is C19H25ClN2O2S. The number of benzene rings is 1. The minimum Gasteiger partial charge on any atom is -0.490 e. The van der Waals surface area contributed by atoms with Crippen molar-refractivity contribution in [3.05, 3.63) is 28.8 Å². The zero-order chi connectivity index (χ0) is 17.2. The summed E-state index contributed by atoms with van der Waals surface area (Å²) in [4.78, 5) is 16.9. The van der Waals surface area contributed by atoms with E-state index < -0.39 is 0 Å². The van der Waals surface area contributed by atoms with Crippen LogP contribution in [-0.2, 0) is 0 Å². The quantitative estimate of drug-likeness (QED) is 0.793. The van der Waals surface area contributed by atoms with Crippen molar-refractivity contribution < 1.29 is 9.53 Å². The molecule has 1 amide bonds. The fourth-order valence-electron chi connectivity index (χ4n) is 3.90. The molecule has 2 aliphatic heterocycles. The number of ether oxygens (including phenoxy) is 1. The first-order chi connectivity index (χ1) is 12.2. The van der Waals surface area contributed by atoms with Crippen molar-refractivity contribution in [2.45, 2.75) is 44.2 Å². The molecule has 1 saturated carbocycles. The molecule has 0 bridgehead atoms. The number of thioether (sulfide) groups is 1. The molecule has 3 fully saturated rings. The van der Waals surface area contributed by atoms with E-state index in [1.165, 1.54) is 32.4 Å². The monoisotopic (exact) mass is 380 g/mol. The van der Waals surface area contributed by atoms with Gasteiger partial charge in [-0.15, -0.1) is 11.8 Å². The maximum absolute atomic E-state index is 12.5. The van der Waals surface area contributed by atoms with Gasteiger partial charge >= 0.3 is 0 Å². The zero-order valence-corrected chi connectivity index (χ0v) is 16.0. The van der Waals surface area contributed by atoms with Gasteiger partial charge in [-0.1, -0.05) is 18.0 Å². The van der Waals surface area contributed by atoms with Crippen LogP contribution < -0.4 is 4.74 Å². The van der Waals surface area contributed by atoms with Gasteiger partial charge < -0.3 is 14.5 Å². The van der Waals surface area contributed by atoms with Gasteiger partial charge in [0.15, 0.2) is 0 Å². The van der Waals surface area contributed by atoms with Crippen LogP contribution in [0.2, 0.25) is 5.02 Å². The van der Waals surface area contributed by atoms with Crippen molar-refractivity contribution in [1.29, 1.82) is 0 Å². The van der Waals surface area contributed by atoms with Crippen LogP contribution in [0, 0.1) is 0 Å². The third kappa shape index (κ3) is 3.93. The summed E-state index contributed by atoms with van der Waals surface area (Å²) in [6.07, 6.45) is 6.53. The molecule has 0 radical (unpaired) electrons. The number of rotatable bonds is 4. The Hall–Kier alpha value is -0.910. The topological polar surface area (TPSA) is 32.8 Å². The second kappa shape index (κ2) is 7.77. The summed E-state index contributed by atoms with van der Waals surface area (Å²) in [7, 11) is 0. The Labute approximate surface area is 158 Å². The van der Waals surface area contributed by atoms with E-state index in [9.17, 15) is 4.79 Å². The molecule has 4 nitrogen and oxygen atoms in total. The van der Waals surface area contributed by atoms with Gasteiger partial charge in [-0.05, 0) is 44.1 Å². The number of hydrogen-bond acceptors (Lipinski definition) is 4. The molecule has 4 rings (SSSR count). The van der Waals surface area contributed by atoms with E-state index in [4.69, 9.17) is 16.3 Å². The highest BCUT2D eigenvalue weighted by Gasteiger charge is 2.35. The Kier molecular flexibility index (Phi) is 5.44. The van der Waals surface area contributed by atoms with Gasteiger partial charge in [-0.2, -0.15) is 0 Å². The highest BCUT2D eigenvalue weighted by atomic mass is 35.5. The van der Waals surface area contributed by atoms with Crippen molar-refractivity contribution in [2.75, 3.05) is 31.3 Å². The SMILES string of the molecule is O=C(c1ccc(OC2CC(N3CCCCC3)C2)cc1Cl)N1CCSC1. The second-order valence-electron chi connectivity index (χ2n) is 7.21. The highest BCUT2D eigenvalue weighted by Crippen LogP contribution is 2.33. The van der Waals surface area contributed by atoms with Crippen LogP contribution >= 0.6 is 23.4 Å².